The van der Waals surface area contributed by atoms with Crippen molar-refractivity contribution in [3.05, 3.63) is 59.7 Å². The standard InChI is InChI=1S/C23H31NO2/c1-6-7-8-18-9-13-20(14-10-18)24-22(25)17(2)26-21-15-11-19(12-16-21)23(3,4)5/h9-17H,6-8H2,1-5H3,(H,24,25). The van der Waals surface area contributed by atoms with E-state index in [9.17, 15) is 4.79 Å². The van der Waals surface area contributed by atoms with Gasteiger partial charge in [-0.25, -0.2) is 0 Å². The zero-order valence-corrected chi connectivity index (χ0v) is 16.6. The second-order valence-corrected chi connectivity index (χ2v) is 7.82. The van der Waals surface area contributed by atoms with E-state index >= 15 is 0 Å². The number of hydrogen-bond acceptors (Lipinski definition) is 2. The lowest BCUT2D eigenvalue weighted by molar-refractivity contribution is -0.122. The minimum atomic E-state index is -0.560. The van der Waals surface area contributed by atoms with Crippen LogP contribution in [-0.4, -0.2) is 12.0 Å². The number of carbonyl (C=O) groups excluding carboxylic acids is 1. The SMILES string of the molecule is CCCCc1ccc(NC(=O)C(C)Oc2ccc(C(C)(C)C)cc2)cc1. The maximum atomic E-state index is 12.4. The number of aryl methyl sites for hydroxylation is 1. The van der Waals surface area contributed by atoms with Crippen LogP contribution < -0.4 is 10.1 Å². The summed E-state index contributed by atoms with van der Waals surface area (Å²) in [5, 5.41) is 2.92. The van der Waals surface area contributed by atoms with Crippen molar-refractivity contribution in [3.63, 3.8) is 0 Å². The van der Waals surface area contributed by atoms with Crippen molar-refractivity contribution in [2.45, 2.75) is 65.4 Å². The predicted molar refractivity (Wildman–Crippen MR) is 109 cm³/mol. The van der Waals surface area contributed by atoms with Crippen LogP contribution in [-0.2, 0) is 16.6 Å². The lowest BCUT2D eigenvalue weighted by atomic mass is 9.87. The zero-order chi connectivity index (χ0) is 19.2. The second kappa shape index (κ2) is 8.88. The van der Waals surface area contributed by atoms with Gasteiger partial charge in [0.2, 0.25) is 0 Å². The van der Waals surface area contributed by atoms with Gasteiger partial charge in [-0.05, 0) is 60.6 Å². The van der Waals surface area contributed by atoms with Crippen molar-refractivity contribution in [2.24, 2.45) is 0 Å². The fraction of sp³-hybridized carbons (Fsp3) is 0.435. The summed E-state index contributed by atoms with van der Waals surface area (Å²) >= 11 is 0. The molecule has 1 unspecified atom stereocenters. The molecule has 1 amide bonds. The van der Waals surface area contributed by atoms with Gasteiger partial charge in [-0.15, -0.1) is 0 Å². The highest BCUT2D eigenvalue weighted by Crippen LogP contribution is 2.24. The number of amides is 1. The number of unbranched alkanes of at least 4 members (excludes halogenated alkanes) is 1. The molecule has 2 aromatic rings. The number of benzene rings is 2. The minimum Gasteiger partial charge on any atom is -0.481 e. The molecule has 0 spiro atoms. The van der Waals surface area contributed by atoms with Crippen molar-refractivity contribution < 1.29 is 9.53 Å². The molecular weight excluding hydrogens is 322 g/mol. The Bertz CT molecular complexity index is 696. The summed E-state index contributed by atoms with van der Waals surface area (Å²) in [5.74, 6) is 0.557. The Morgan fingerprint density at radius 1 is 1.04 bits per heavy atom. The molecule has 0 aliphatic heterocycles. The van der Waals surface area contributed by atoms with E-state index in [2.05, 4.69) is 57.3 Å². The molecular formula is C23H31NO2. The van der Waals surface area contributed by atoms with Gasteiger partial charge >= 0.3 is 0 Å². The molecule has 0 aliphatic carbocycles. The van der Waals surface area contributed by atoms with Gasteiger partial charge in [0, 0.05) is 5.69 Å². The van der Waals surface area contributed by atoms with Crippen LogP contribution in [0.25, 0.3) is 0 Å². The van der Waals surface area contributed by atoms with E-state index in [1.165, 1.54) is 24.0 Å². The Hall–Kier alpha value is -2.29. The van der Waals surface area contributed by atoms with E-state index in [0.29, 0.717) is 5.75 Å². The van der Waals surface area contributed by atoms with Crippen LogP contribution in [0, 0.1) is 0 Å². The van der Waals surface area contributed by atoms with Gasteiger partial charge in [-0.2, -0.15) is 0 Å². The summed E-state index contributed by atoms with van der Waals surface area (Å²) in [6.07, 6.45) is 2.89. The highest BCUT2D eigenvalue weighted by Gasteiger charge is 2.16. The molecule has 26 heavy (non-hydrogen) atoms. The van der Waals surface area contributed by atoms with Gasteiger partial charge in [-0.3, -0.25) is 4.79 Å². The third-order valence-electron chi connectivity index (χ3n) is 4.44. The van der Waals surface area contributed by atoms with Crippen molar-refractivity contribution in [2.75, 3.05) is 5.32 Å². The number of nitrogens with one attached hydrogen (secondary N) is 1. The average Bonchev–Trinajstić information content (AvgIpc) is 2.60. The number of hydrogen-bond donors (Lipinski definition) is 1. The molecule has 0 heterocycles. The topological polar surface area (TPSA) is 38.3 Å². The summed E-state index contributed by atoms with van der Waals surface area (Å²) in [7, 11) is 0. The minimum absolute atomic E-state index is 0.102. The van der Waals surface area contributed by atoms with E-state index in [1.54, 1.807) is 6.92 Å². The molecule has 2 aromatic carbocycles. The maximum Gasteiger partial charge on any atom is 0.265 e. The van der Waals surface area contributed by atoms with Crippen molar-refractivity contribution in [1.82, 2.24) is 0 Å². The zero-order valence-electron chi connectivity index (χ0n) is 16.6. The maximum absolute atomic E-state index is 12.4. The van der Waals surface area contributed by atoms with E-state index < -0.39 is 6.10 Å². The van der Waals surface area contributed by atoms with E-state index in [1.807, 2.05) is 24.3 Å². The normalized spacial score (nSPS) is 12.5. The molecule has 1 atom stereocenters. The molecule has 0 saturated carbocycles. The molecule has 1 N–H and O–H groups in total. The molecule has 0 radical (unpaired) electrons. The molecule has 2 rings (SSSR count). The van der Waals surface area contributed by atoms with E-state index in [0.717, 1.165) is 12.1 Å². The van der Waals surface area contributed by atoms with Crippen LogP contribution in [0.5, 0.6) is 5.75 Å². The number of carbonyl (C=O) groups is 1. The first-order chi connectivity index (χ1) is 12.3. The van der Waals surface area contributed by atoms with Crippen LogP contribution in [0.3, 0.4) is 0 Å². The Morgan fingerprint density at radius 2 is 1.65 bits per heavy atom. The predicted octanol–water partition coefficient (Wildman–Crippen LogP) is 5.73. The lowest BCUT2D eigenvalue weighted by Crippen LogP contribution is -2.30. The van der Waals surface area contributed by atoms with Crippen LogP contribution >= 0.6 is 0 Å². The van der Waals surface area contributed by atoms with Gasteiger partial charge in [0.1, 0.15) is 5.75 Å². The van der Waals surface area contributed by atoms with E-state index in [4.69, 9.17) is 4.74 Å². The highest BCUT2D eigenvalue weighted by molar-refractivity contribution is 5.94. The summed E-state index contributed by atoms with van der Waals surface area (Å²) in [6.45, 7) is 10.5. The lowest BCUT2D eigenvalue weighted by Gasteiger charge is -2.20. The van der Waals surface area contributed by atoms with Crippen LogP contribution in [0.15, 0.2) is 48.5 Å². The van der Waals surface area contributed by atoms with Gasteiger partial charge in [0.15, 0.2) is 6.10 Å². The second-order valence-electron chi connectivity index (χ2n) is 7.82. The average molecular weight is 354 g/mol. The smallest absolute Gasteiger partial charge is 0.265 e. The molecule has 0 bridgehead atoms. The Morgan fingerprint density at radius 3 is 2.19 bits per heavy atom. The number of anilines is 1. The van der Waals surface area contributed by atoms with Crippen molar-refractivity contribution in [3.8, 4) is 5.75 Å². The first kappa shape index (κ1) is 20.0. The van der Waals surface area contributed by atoms with Gasteiger partial charge < -0.3 is 10.1 Å². The molecule has 0 aromatic heterocycles. The third kappa shape index (κ3) is 5.91. The quantitative estimate of drug-likeness (QED) is 0.690. The molecule has 0 aliphatic rings. The van der Waals surface area contributed by atoms with Gasteiger partial charge in [0.25, 0.3) is 5.91 Å². The molecule has 0 saturated heterocycles. The van der Waals surface area contributed by atoms with Crippen molar-refractivity contribution >= 4 is 11.6 Å². The molecule has 0 fully saturated rings. The Kier molecular flexibility index (Phi) is 6.84. The molecule has 3 nitrogen and oxygen atoms in total. The Labute approximate surface area is 157 Å². The first-order valence-corrected chi connectivity index (χ1v) is 9.46. The van der Waals surface area contributed by atoms with Crippen molar-refractivity contribution in [1.29, 1.82) is 0 Å². The summed E-state index contributed by atoms with van der Waals surface area (Å²) in [4.78, 5) is 12.4. The highest BCUT2D eigenvalue weighted by atomic mass is 16.5. The molecule has 140 valence electrons. The van der Waals surface area contributed by atoms with E-state index in [-0.39, 0.29) is 11.3 Å². The largest absolute Gasteiger partial charge is 0.481 e. The van der Waals surface area contributed by atoms with Crippen LogP contribution in [0.1, 0.15) is 58.6 Å². The Balaban J connectivity index is 1.91. The first-order valence-electron chi connectivity index (χ1n) is 9.46. The van der Waals surface area contributed by atoms with Gasteiger partial charge in [0.05, 0.1) is 0 Å². The number of ether oxygens (including phenoxy) is 1. The summed E-state index contributed by atoms with van der Waals surface area (Å²) in [5.41, 5.74) is 3.44. The van der Waals surface area contributed by atoms with Crippen LogP contribution in [0.4, 0.5) is 5.69 Å². The fourth-order valence-electron chi connectivity index (χ4n) is 2.67. The summed E-state index contributed by atoms with van der Waals surface area (Å²) in [6, 6.07) is 16.0. The monoisotopic (exact) mass is 353 g/mol. The fourth-order valence-corrected chi connectivity index (χ4v) is 2.67. The molecule has 3 heteroatoms. The third-order valence-corrected chi connectivity index (χ3v) is 4.44. The number of rotatable bonds is 7. The summed E-state index contributed by atoms with van der Waals surface area (Å²) < 4.78 is 5.78. The van der Waals surface area contributed by atoms with Gasteiger partial charge in [-0.1, -0.05) is 58.4 Å². The van der Waals surface area contributed by atoms with Crippen LogP contribution in [0.2, 0.25) is 0 Å².